The van der Waals surface area contributed by atoms with Crippen LogP contribution in [0.3, 0.4) is 0 Å². The van der Waals surface area contributed by atoms with E-state index in [9.17, 15) is 21.4 Å². The van der Waals surface area contributed by atoms with Crippen molar-refractivity contribution in [3.05, 3.63) is 54.1 Å². The van der Waals surface area contributed by atoms with Gasteiger partial charge in [0.15, 0.2) is 0 Å². The molecule has 0 saturated heterocycles. The Morgan fingerprint density at radius 2 is 1.57 bits per heavy atom. The summed E-state index contributed by atoms with van der Waals surface area (Å²) in [4.78, 5) is 0. The second kappa shape index (κ2) is 8.24. The summed E-state index contributed by atoms with van der Waals surface area (Å²) in [5.41, 5.74) is 6.73. The highest BCUT2D eigenvalue weighted by atomic mass is 32.3. The first-order valence-electron chi connectivity index (χ1n) is 8.26. The third-order valence-corrected chi connectivity index (χ3v) is 9.64. The third kappa shape index (κ3) is 5.14. The van der Waals surface area contributed by atoms with E-state index in [2.05, 4.69) is 0 Å². The molecule has 2 aromatic carbocycles. The van der Waals surface area contributed by atoms with E-state index in [4.69, 9.17) is 10.3 Å². The Labute approximate surface area is 165 Å². The van der Waals surface area contributed by atoms with E-state index in [1.54, 1.807) is 6.92 Å². The molecule has 0 bridgehead atoms. The van der Waals surface area contributed by atoms with Crippen molar-refractivity contribution in [2.75, 3.05) is 28.1 Å². The third-order valence-electron chi connectivity index (χ3n) is 3.89. The maximum absolute atomic E-state index is 13.4. The number of nitrogens with two attached hydrogens (primary N) is 1. The molecule has 0 aliphatic carbocycles. The molecule has 28 heavy (non-hydrogen) atoms. The first kappa shape index (κ1) is 22.4. The predicted octanol–water partition coefficient (Wildman–Crippen LogP) is 2.13. The van der Waals surface area contributed by atoms with Crippen molar-refractivity contribution in [3.63, 3.8) is 0 Å². The number of nitrogens with zero attached hydrogens (tertiary/aromatic N) is 1. The summed E-state index contributed by atoms with van der Waals surface area (Å²) in [5.74, 6) is 0. The van der Waals surface area contributed by atoms with Gasteiger partial charge in [0.05, 0.1) is 30.1 Å². The molecule has 1 atom stereocenters. The number of anilines is 2. The monoisotopic (exact) mass is 446 g/mol. The van der Waals surface area contributed by atoms with E-state index in [-0.39, 0.29) is 33.2 Å². The van der Waals surface area contributed by atoms with Crippen LogP contribution >= 0.6 is 7.37 Å². The fraction of sp³-hybridized carbons (Fsp3) is 0.294. The topological polar surface area (TPSA) is 124 Å². The smallest absolute Gasteiger partial charge is 0.245 e. The summed E-state index contributed by atoms with van der Waals surface area (Å²) >= 11 is 0. The SMILES string of the molecule is CCP(=O)(OCc1ccccc1)c1cc(N(S(C)(=O)=O)S(C)(=O)=O)ccc1N. The van der Waals surface area contributed by atoms with E-state index in [1.165, 1.54) is 18.2 Å². The van der Waals surface area contributed by atoms with E-state index < -0.39 is 27.4 Å². The molecule has 0 aromatic heterocycles. The minimum absolute atomic E-state index is 0.0670. The van der Waals surface area contributed by atoms with Crippen LogP contribution in [0, 0.1) is 0 Å². The van der Waals surface area contributed by atoms with Crippen LogP contribution in [0.5, 0.6) is 0 Å². The van der Waals surface area contributed by atoms with Gasteiger partial charge in [-0.05, 0) is 23.8 Å². The number of hydrogen-bond donors (Lipinski definition) is 1. The normalized spacial score (nSPS) is 14.4. The van der Waals surface area contributed by atoms with Gasteiger partial charge in [-0.1, -0.05) is 37.3 Å². The van der Waals surface area contributed by atoms with Gasteiger partial charge in [0, 0.05) is 11.8 Å². The second-order valence-corrected chi connectivity index (χ2v) is 12.8. The van der Waals surface area contributed by atoms with Crippen molar-refractivity contribution < 1.29 is 25.9 Å². The van der Waals surface area contributed by atoms with Gasteiger partial charge < -0.3 is 10.3 Å². The largest absolute Gasteiger partial charge is 0.398 e. The van der Waals surface area contributed by atoms with Gasteiger partial charge in [-0.25, -0.2) is 16.8 Å². The van der Waals surface area contributed by atoms with E-state index >= 15 is 0 Å². The summed E-state index contributed by atoms with van der Waals surface area (Å²) in [6.45, 7) is 1.72. The molecule has 1 unspecified atom stereocenters. The lowest BCUT2D eigenvalue weighted by Gasteiger charge is -2.23. The van der Waals surface area contributed by atoms with Gasteiger partial charge in [0.25, 0.3) is 0 Å². The maximum atomic E-state index is 13.4. The molecule has 2 N–H and O–H groups in total. The molecular formula is C17H23N2O6PS2. The number of sulfonamides is 2. The molecule has 0 radical (unpaired) electrons. The standard InChI is InChI=1S/C17H23N2O6PS2/c1-4-26(20,25-13-14-8-6-5-7-9-14)17-12-15(10-11-16(17)18)19(27(2,21)22)28(3,23)24/h5-12H,4,13,18H2,1-3H3. The van der Waals surface area contributed by atoms with Crippen LogP contribution in [0.2, 0.25) is 0 Å². The Morgan fingerprint density at radius 1 is 1.00 bits per heavy atom. The van der Waals surface area contributed by atoms with E-state index in [0.717, 1.165) is 18.1 Å². The Balaban J connectivity index is 2.51. The first-order chi connectivity index (χ1) is 12.9. The minimum Gasteiger partial charge on any atom is -0.398 e. The van der Waals surface area contributed by atoms with Crippen LogP contribution in [0.1, 0.15) is 12.5 Å². The average Bonchev–Trinajstić information content (AvgIpc) is 2.60. The van der Waals surface area contributed by atoms with Crippen LogP contribution in [-0.4, -0.2) is 35.5 Å². The molecule has 0 spiro atoms. The van der Waals surface area contributed by atoms with Gasteiger partial charge in [0.2, 0.25) is 27.4 Å². The second-order valence-electron chi connectivity index (χ2n) is 6.21. The summed E-state index contributed by atoms with van der Waals surface area (Å²) in [6, 6.07) is 12.9. The molecule has 2 rings (SSSR count). The molecule has 2 aromatic rings. The lowest BCUT2D eigenvalue weighted by molar-refractivity contribution is 0.310. The van der Waals surface area contributed by atoms with Crippen LogP contribution in [-0.2, 0) is 35.7 Å². The summed E-state index contributed by atoms with van der Waals surface area (Å²) < 4.78 is 67.5. The predicted molar refractivity (Wildman–Crippen MR) is 112 cm³/mol. The van der Waals surface area contributed by atoms with Gasteiger partial charge in [0.1, 0.15) is 0 Å². The van der Waals surface area contributed by atoms with Crippen molar-refractivity contribution >= 4 is 44.1 Å². The molecule has 11 heteroatoms. The van der Waals surface area contributed by atoms with Crippen LogP contribution in [0.25, 0.3) is 0 Å². The maximum Gasteiger partial charge on any atom is 0.245 e. The number of benzene rings is 2. The fourth-order valence-corrected chi connectivity index (χ4v) is 7.43. The van der Waals surface area contributed by atoms with Crippen molar-refractivity contribution in [2.24, 2.45) is 0 Å². The Kier molecular flexibility index (Phi) is 6.60. The highest BCUT2D eigenvalue weighted by molar-refractivity contribution is 8.09. The zero-order chi connectivity index (χ0) is 21.2. The highest BCUT2D eigenvalue weighted by Gasteiger charge is 2.31. The molecule has 0 amide bonds. The fourth-order valence-electron chi connectivity index (χ4n) is 2.65. The number of nitrogen functional groups attached to an aromatic ring is 1. The van der Waals surface area contributed by atoms with Gasteiger partial charge in [-0.2, -0.15) is 3.71 Å². The number of hydrogen-bond acceptors (Lipinski definition) is 7. The van der Waals surface area contributed by atoms with Crippen molar-refractivity contribution in [3.8, 4) is 0 Å². The van der Waals surface area contributed by atoms with E-state index in [0.29, 0.717) is 0 Å². The van der Waals surface area contributed by atoms with Gasteiger partial charge in [-0.15, -0.1) is 0 Å². The van der Waals surface area contributed by atoms with Gasteiger partial charge in [-0.3, -0.25) is 4.57 Å². The van der Waals surface area contributed by atoms with Gasteiger partial charge >= 0.3 is 0 Å². The average molecular weight is 446 g/mol. The Bertz CT molecular complexity index is 1070. The molecule has 0 heterocycles. The van der Waals surface area contributed by atoms with E-state index in [1.807, 2.05) is 30.3 Å². The summed E-state index contributed by atoms with van der Waals surface area (Å²) in [6.07, 6.45) is 1.65. The van der Waals surface area contributed by atoms with Crippen molar-refractivity contribution in [2.45, 2.75) is 13.5 Å². The van der Waals surface area contributed by atoms with Crippen LogP contribution < -0.4 is 14.7 Å². The minimum atomic E-state index is -4.14. The molecule has 0 aliphatic rings. The summed E-state index contributed by atoms with van der Waals surface area (Å²) in [7, 11) is -11.7. The first-order valence-corrected chi connectivity index (χ1v) is 13.8. The van der Waals surface area contributed by atoms with Crippen LogP contribution in [0.15, 0.2) is 48.5 Å². The molecule has 154 valence electrons. The molecule has 0 fully saturated rings. The van der Waals surface area contributed by atoms with Crippen LogP contribution in [0.4, 0.5) is 11.4 Å². The lowest BCUT2D eigenvalue weighted by Crippen LogP contribution is -2.35. The lowest BCUT2D eigenvalue weighted by atomic mass is 10.2. The molecule has 0 saturated carbocycles. The van der Waals surface area contributed by atoms with Crippen molar-refractivity contribution in [1.29, 1.82) is 0 Å². The molecular weight excluding hydrogens is 423 g/mol. The zero-order valence-electron chi connectivity index (χ0n) is 15.8. The Morgan fingerprint density at radius 3 is 2.07 bits per heavy atom. The highest BCUT2D eigenvalue weighted by Crippen LogP contribution is 2.48. The van der Waals surface area contributed by atoms with Crippen molar-refractivity contribution in [1.82, 2.24) is 0 Å². The summed E-state index contributed by atoms with van der Waals surface area (Å²) in [5, 5.41) is 0.0840. The molecule has 8 nitrogen and oxygen atoms in total. The Hall–Kier alpha value is -1.87. The zero-order valence-corrected chi connectivity index (χ0v) is 18.3. The molecule has 0 aliphatic heterocycles. The quantitative estimate of drug-likeness (QED) is 0.487. The number of rotatable bonds is 8.